The lowest BCUT2D eigenvalue weighted by atomic mass is 10.2. The van der Waals surface area contributed by atoms with Crippen molar-refractivity contribution in [3.05, 3.63) is 41.6 Å². The van der Waals surface area contributed by atoms with Crippen LogP contribution in [0.25, 0.3) is 0 Å². The fourth-order valence-electron chi connectivity index (χ4n) is 1.52. The first kappa shape index (κ1) is 12.4. The third kappa shape index (κ3) is 2.78. The van der Waals surface area contributed by atoms with E-state index in [1.807, 2.05) is 6.92 Å². The summed E-state index contributed by atoms with van der Waals surface area (Å²) in [5, 5.41) is 19.0. The number of aromatic nitrogens is 2. The predicted molar refractivity (Wildman–Crippen MR) is 64.0 cm³/mol. The molecule has 2 rings (SSSR count). The molecule has 6 heteroatoms. The molecule has 0 aromatic carbocycles. The molecule has 0 spiro atoms. The molecule has 3 N–H and O–H groups in total. The summed E-state index contributed by atoms with van der Waals surface area (Å²) in [5.41, 5.74) is 1.21. The number of carbonyl (C=O) groups is 1. The van der Waals surface area contributed by atoms with Gasteiger partial charge in [-0.1, -0.05) is 6.92 Å². The Kier molecular flexibility index (Phi) is 3.78. The second-order valence-electron chi connectivity index (χ2n) is 3.87. The van der Waals surface area contributed by atoms with Crippen molar-refractivity contribution in [3.8, 4) is 0 Å². The van der Waals surface area contributed by atoms with Crippen molar-refractivity contribution in [1.29, 1.82) is 0 Å². The van der Waals surface area contributed by atoms with Gasteiger partial charge in [-0.2, -0.15) is 5.10 Å². The predicted octanol–water partition coefficient (Wildman–Crippen LogP) is 1.03. The molecule has 1 amide bonds. The average molecular weight is 249 g/mol. The lowest BCUT2D eigenvalue weighted by Gasteiger charge is -2.08. The number of amides is 1. The molecular weight excluding hydrogens is 234 g/mol. The van der Waals surface area contributed by atoms with Crippen molar-refractivity contribution in [3.63, 3.8) is 0 Å². The maximum Gasteiger partial charge on any atom is 0.271 e. The molecule has 0 aliphatic rings. The van der Waals surface area contributed by atoms with E-state index in [9.17, 15) is 9.90 Å². The third-order valence-corrected chi connectivity index (χ3v) is 2.57. The van der Waals surface area contributed by atoms with E-state index in [-0.39, 0.29) is 12.5 Å². The van der Waals surface area contributed by atoms with Gasteiger partial charge < -0.3 is 14.8 Å². The van der Waals surface area contributed by atoms with Gasteiger partial charge in [0, 0.05) is 5.69 Å². The number of nitrogens with zero attached hydrogens (tertiary/aromatic N) is 1. The van der Waals surface area contributed by atoms with Crippen LogP contribution >= 0.6 is 0 Å². The van der Waals surface area contributed by atoms with Gasteiger partial charge >= 0.3 is 0 Å². The number of aliphatic hydroxyl groups excluding tert-OH is 1. The summed E-state index contributed by atoms with van der Waals surface area (Å²) in [6.45, 7) is 2.05. The Morgan fingerprint density at radius 1 is 1.67 bits per heavy atom. The zero-order valence-electron chi connectivity index (χ0n) is 10.0. The van der Waals surface area contributed by atoms with Gasteiger partial charge in [-0.3, -0.25) is 9.89 Å². The summed E-state index contributed by atoms with van der Waals surface area (Å²) >= 11 is 0. The Bertz CT molecular complexity index is 504. The van der Waals surface area contributed by atoms with E-state index < -0.39 is 6.10 Å². The minimum Gasteiger partial charge on any atom is -0.467 e. The molecule has 2 aromatic heterocycles. The Hall–Kier alpha value is -2.08. The van der Waals surface area contributed by atoms with Crippen LogP contribution in [0.1, 0.15) is 35.0 Å². The number of aryl methyl sites for hydroxylation is 1. The van der Waals surface area contributed by atoms with Crippen LogP contribution in [-0.4, -0.2) is 27.8 Å². The smallest absolute Gasteiger partial charge is 0.271 e. The summed E-state index contributed by atoms with van der Waals surface area (Å²) < 4.78 is 5.03. The van der Waals surface area contributed by atoms with Crippen molar-refractivity contribution in [2.75, 3.05) is 6.54 Å². The first-order valence-corrected chi connectivity index (χ1v) is 5.74. The van der Waals surface area contributed by atoms with Gasteiger partial charge in [0.15, 0.2) is 0 Å². The van der Waals surface area contributed by atoms with E-state index in [1.165, 1.54) is 6.26 Å². The second-order valence-corrected chi connectivity index (χ2v) is 3.87. The topological polar surface area (TPSA) is 91.2 Å². The quantitative estimate of drug-likeness (QED) is 0.738. The molecular formula is C12H15N3O3. The van der Waals surface area contributed by atoms with Gasteiger partial charge in [-0.05, 0) is 24.6 Å². The number of rotatable bonds is 5. The maximum atomic E-state index is 11.7. The largest absolute Gasteiger partial charge is 0.467 e. The molecule has 18 heavy (non-hydrogen) atoms. The molecule has 2 heterocycles. The molecule has 1 atom stereocenters. The lowest BCUT2D eigenvalue weighted by molar-refractivity contribution is 0.0896. The van der Waals surface area contributed by atoms with E-state index >= 15 is 0 Å². The monoisotopic (exact) mass is 249 g/mol. The van der Waals surface area contributed by atoms with Crippen molar-refractivity contribution >= 4 is 5.91 Å². The lowest BCUT2D eigenvalue weighted by Crippen LogP contribution is -2.28. The molecule has 0 saturated heterocycles. The van der Waals surface area contributed by atoms with E-state index in [0.717, 1.165) is 12.1 Å². The Morgan fingerprint density at radius 3 is 3.11 bits per heavy atom. The van der Waals surface area contributed by atoms with Gasteiger partial charge in [-0.25, -0.2) is 0 Å². The minimum absolute atomic E-state index is 0.0840. The van der Waals surface area contributed by atoms with Crippen molar-refractivity contribution < 1.29 is 14.3 Å². The molecule has 1 unspecified atom stereocenters. The molecule has 0 saturated carbocycles. The van der Waals surface area contributed by atoms with E-state index in [4.69, 9.17) is 4.42 Å². The highest BCUT2D eigenvalue weighted by Gasteiger charge is 2.14. The summed E-state index contributed by atoms with van der Waals surface area (Å²) in [5.74, 6) is 0.100. The molecule has 2 aromatic rings. The van der Waals surface area contributed by atoms with Crippen LogP contribution in [0.2, 0.25) is 0 Å². The van der Waals surface area contributed by atoms with Gasteiger partial charge in [0.05, 0.1) is 12.8 Å². The van der Waals surface area contributed by atoms with Gasteiger partial charge in [0.1, 0.15) is 17.6 Å². The number of hydrogen-bond donors (Lipinski definition) is 3. The van der Waals surface area contributed by atoms with Crippen LogP contribution in [0.3, 0.4) is 0 Å². The normalized spacial score (nSPS) is 12.3. The number of hydrogen-bond acceptors (Lipinski definition) is 4. The van der Waals surface area contributed by atoms with Gasteiger partial charge in [0.25, 0.3) is 5.91 Å². The Balaban J connectivity index is 1.88. The average Bonchev–Trinajstić information content (AvgIpc) is 3.05. The fraction of sp³-hybridized carbons (Fsp3) is 0.333. The van der Waals surface area contributed by atoms with Crippen LogP contribution in [-0.2, 0) is 6.42 Å². The van der Waals surface area contributed by atoms with Crippen molar-refractivity contribution in [1.82, 2.24) is 15.5 Å². The van der Waals surface area contributed by atoms with Crippen LogP contribution in [0.15, 0.2) is 28.9 Å². The standard InChI is InChI=1S/C12H15N3O3/c1-2-8-6-9(15-14-8)12(17)13-7-10(16)11-4-3-5-18-11/h3-6,10,16H,2,7H2,1H3,(H,13,17)(H,14,15). The molecule has 6 nitrogen and oxygen atoms in total. The van der Waals surface area contributed by atoms with Crippen LogP contribution in [0.4, 0.5) is 0 Å². The number of nitrogens with one attached hydrogen (secondary N) is 2. The van der Waals surface area contributed by atoms with E-state index in [2.05, 4.69) is 15.5 Å². The molecule has 96 valence electrons. The summed E-state index contributed by atoms with van der Waals surface area (Å²) in [6, 6.07) is 5.02. The van der Waals surface area contributed by atoms with E-state index in [0.29, 0.717) is 11.5 Å². The SMILES string of the molecule is CCc1cc(C(=O)NCC(O)c2ccco2)n[nH]1. The van der Waals surface area contributed by atoms with Gasteiger partial charge in [0.2, 0.25) is 0 Å². The minimum atomic E-state index is -0.853. The van der Waals surface area contributed by atoms with Crippen molar-refractivity contribution in [2.24, 2.45) is 0 Å². The Morgan fingerprint density at radius 2 is 2.50 bits per heavy atom. The summed E-state index contributed by atoms with van der Waals surface area (Å²) in [6.07, 6.45) is 1.41. The highest BCUT2D eigenvalue weighted by molar-refractivity contribution is 5.92. The van der Waals surface area contributed by atoms with Crippen LogP contribution < -0.4 is 5.32 Å². The highest BCUT2D eigenvalue weighted by Crippen LogP contribution is 2.11. The maximum absolute atomic E-state index is 11.7. The first-order chi connectivity index (χ1) is 8.70. The first-order valence-electron chi connectivity index (χ1n) is 5.74. The van der Waals surface area contributed by atoms with Crippen LogP contribution in [0, 0.1) is 0 Å². The number of aliphatic hydroxyl groups is 1. The summed E-state index contributed by atoms with van der Waals surface area (Å²) in [4.78, 5) is 11.7. The third-order valence-electron chi connectivity index (χ3n) is 2.57. The number of carbonyl (C=O) groups excluding carboxylic acids is 1. The summed E-state index contributed by atoms with van der Waals surface area (Å²) in [7, 11) is 0. The van der Waals surface area contributed by atoms with E-state index in [1.54, 1.807) is 18.2 Å². The number of furan rings is 1. The molecule has 0 aliphatic heterocycles. The van der Waals surface area contributed by atoms with Crippen molar-refractivity contribution in [2.45, 2.75) is 19.4 Å². The zero-order valence-corrected chi connectivity index (χ0v) is 10.0. The highest BCUT2D eigenvalue weighted by atomic mass is 16.4. The Labute approximate surface area is 104 Å². The molecule has 0 aliphatic carbocycles. The fourth-order valence-corrected chi connectivity index (χ4v) is 1.52. The second kappa shape index (κ2) is 5.50. The molecule has 0 radical (unpaired) electrons. The zero-order chi connectivity index (χ0) is 13.0. The number of H-pyrrole nitrogens is 1. The van der Waals surface area contributed by atoms with Gasteiger partial charge in [-0.15, -0.1) is 0 Å². The molecule has 0 fully saturated rings. The van der Waals surface area contributed by atoms with Crippen LogP contribution in [0.5, 0.6) is 0 Å². The molecule has 0 bridgehead atoms. The number of aromatic amines is 1.